The minimum Gasteiger partial charge on any atom is -0.457 e. The Morgan fingerprint density at radius 3 is 2.29 bits per heavy atom. The molecule has 0 aliphatic heterocycles. The van der Waals surface area contributed by atoms with Gasteiger partial charge in [-0.05, 0) is 31.2 Å². The molecule has 28 heavy (non-hydrogen) atoms. The van der Waals surface area contributed by atoms with Gasteiger partial charge < -0.3 is 15.8 Å². The molecule has 0 unspecified atom stereocenters. The molecule has 0 fully saturated rings. The number of hydrogen-bond acceptors (Lipinski definition) is 8. The molecule has 0 bridgehead atoms. The van der Waals surface area contributed by atoms with E-state index in [2.05, 4.69) is 10.0 Å². The number of amides is 1. The van der Waals surface area contributed by atoms with Gasteiger partial charge in [-0.3, -0.25) is 14.4 Å². The fourth-order valence-electron chi connectivity index (χ4n) is 1.95. The Balaban J connectivity index is 2.52. The van der Waals surface area contributed by atoms with Crippen LogP contribution in [0.1, 0.15) is 20.3 Å². The van der Waals surface area contributed by atoms with E-state index < -0.39 is 28.4 Å². The summed E-state index contributed by atoms with van der Waals surface area (Å²) in [5, 5.41) is 11.3. The smallest absolute Gasteiger partial charge is 0.307 e. The minimum atomic E-state index is -3.87. The van der Waals surface area contributed by atoms with Gasteiger partial charge in [-0.25, -0.2) is 13.1 Å². The van der Waals surface area contributed by atoms with Gasteiger partial charge in [0.05, 0.1) is 11.3 Å². The van der Waals surface area contributed by atoms with Gasteiger partial charge in [0.15, 0.2) is 6.61 Å². The average molecular weight is 408 g/mol. The number of nitrogens with two attached hydrogens (primary N) is 1. The number of carbonyl (C=O) groups is 3. The van der Waals surface area contributed by atoms with Crippen molar-refractivity contribution in [1.29, 1.82) is 5.26 Å². The highest BCUT2D eigenvalue weighted by Gasteiger charge is 2.16. The third-order valence-electron chi connectivity index (χ3n) is 3.26. The lowest BCUT2D eigenvalue weighted by molar-refractivity contribution is -0.146. The Morgan fingerprint density at radius 1 is 1.18 bits per heavy atom. The van der Waals surface area contributed by atoms with Crippen LogP contribution in [0, 0.1) is 11.3 Å². The Morgan fingerprint density at radius 2 is 1.79 bits per heavy atom. The van der Waals surface area contributed by atoms with Gasteiger partial charge in [0.1, 0.15) is 11.6 Å². The summed E-state index contributed by atoms with van der Waals surface area (Å²) in [5.74, 6) is -1.84. The van der Waals surface area contributed by atoms with Crippen molar-refractivity contribution in [3.05, 3.63) is 35.5 Å². The molecule has 1 rings (SSSR count). The Labute approximate surface area is 162 Å². The highest BCUT2D eigenvalue weighted by atomic mass is 32.2. The van der Waals surface area contributed by atoms with E-state index >= 15 is 0 Å². The predicted molar refractivity (Wildman–Crippen MR) is 99.0 cm³/mol. The van der Waals surface area contributed by atoms with Crippen molar-refractivity contribution in [3.8, 4) is 6.07 Å². The standard InChI is InChI=1S/C17H20N4O6S/c1-11(19)15(9-18)16(23)10-27-17(24)7-8-20-28(25,26)14-5-3-13(4-6-14)21-12(2)22/h3-6,20H,7-8,10,19H2,1-2H3,(H,21,22)/b15-11+. The molecule has 0 aromatic heterocycles. The second-order valence-corrected chi connectivity index (χ2v) is 7.37. The van der Waals surface area contributed by atoms with E-state index in [-0.39, 0.29) is 35.0 Å². The number of hydrogen-bond donors (Lipinski definition) is 3. The van der Waals surface area contributed by atoms with Crippen LogP contribution in [-0.4, -0.2) is 39.2 Å². The number of Topliss-reactive ketones (excluding diaryl/α,β-unsaturated/α-hetero) is 1. The zero-order chi connectivity index (χ0) is 21.3. The highest BCUT2D eigenvalue weighted by Crippen LogP contribution is 2.14. The number of sulfonamides is 1. The van der Waals surface area contributed by atoms with Crippen molar-refractivity contribution < 1.29 is 27.5 Å². The second kappa shape index (κ2) is 10.2. The molecule has 1 aromatic rings. The molecule has 0 spiro atoms. The zero-order valence-corrected chi connectivity index (χ0v) is 16.1. The summed E-state index contributed by atoms with van der Waals surface area (Å²) in [4.78, 5) is 34.2. The molecule has 4 N–H and O–H groups in total. The summed E-state index contributed by atoms with van der Waals surface area (Å²) >= 11 is 0. The van der Waals surface area contributed by atoms with Crippen molar-refractivity contribution in [2.24, 2.45) is 5.73 Å². The Kier molecular flexibility index (Phi) is 8.30. The second-order valence-electron chi connectivity index (χ2n) is 5.61. The SMILES string of the molecule is CC(=O)Nc1ccc(S(=O)(=O)NCCC(=O)OCC(=O)/C(C#N)=C(\C)N)cc1. The largest absolute Gasteiger partial charge is 0.457 e. The normalized spacial score (nSPS) is 11.8. The molecule has 0 aliphatic rings. The lowest BCUT2D eigenvalue weighted by Gasteiger charge is -2.08. The number of esters is 1. The van der Waals surface area contributed by atoms with Crippen molar-refractivity contribution >= 4 is 33.4 Å². The third-order valence-corrected chi connectivity index (χ3v) is 4.73. The van der Waals surface area contributed by atoms with Crippen LogP contribution in [0.4, 0.5) is 5.69 Å². The maximum absolute atomic E-state index is 12.2. The predicted octanol–water partition coefficient (Wildman–Crippen LogP) is 0.182. The van der Waals surface area contributed by atoms with Crippen LogP contribution < -0.4 is 15.8 Å². The van der Waals surface area contributed by atoms with Crippen molar-refractivity contribution in [2.45, 2.75) is 25.2 Å². The van der Waals surface area contributed by atoms with Gasteiger partial charge in [-0.1, -0.05) is 0 Å². The molecule has 150 valence electrons. The number of allylic oxidation sites excluding steroid dienone is 1. The maximum Gasteiger partial charge on any atom is 0.307 e. The van der Waals surface area contributed by atoms with Crippen molar-refractivity contribution in [3.63, 3.8) is 0 Å². The van der Waals surface area contributed by atoms with E-state index in [9.17, 15) is 22.8 Å². The quantitative estimate of drug-likeness (QED) is 0.295. The molecular weight excluding hydrogens is 388 g/mol. The molecular formula is C17H20N4O6S. The molecule has 11 heteroatoms. The van der Waals surface area contributed by atoms with Gasteiger partial charge in [-0.15, -0.1) is 0 Å². The van der Waals surface area contributed by atoms with Crippen LogP contribution in [-0.2, 0) is 29.1 Å². The number of benzene rings is 1. The first-order valence-corrected chi connectivity index (χ1v) is 9.47. The highest BCUT2D eigenvalue weighted by molar-refractivity contribution is 7.89. The van der Waals surface area contributed by atoms with E-state index in [1.165, 1.54) is 38.1 Å². The lowest BCUT2D eigenvalue weighted by Crippen LogP contribution is -2.27. The monoisotopic (exact) mass is 408 g/mol. The summed E-state index contributed by atoms with van der Waals surface area (Å²) in [7, 11) is -3.87. The van der Waals surface area contributed by atoms with Gasteiger partial charge in [-0.2, -0.15) is 5.26 Å². The van der Waals surface area contributed by atoms with Crippen LogP contribution in [0.5, 0.6) is 0 Å². The first-order chi connectivity index (χ1) is 13.1. The summed E-state index contributed by atoms with van der Waals surface area (Å²) < 4.78 is 31.2. The van der Waals surface area contributed by atoms with E-state index in [4.69, 9.17) is 15.7 Å². The van der Waals surface area contributed by atoms with Gasteiger partial charge in [0.25, 0.3) is 0 Å². The number of nitriles is 1. The molecule has 0 atom stereocenters. The number of anilines is 1. The molecule has 10 nitrogen and oxygen atoms in total. The summed E-state index contributed by atoms with van der Waals surface area (Å²) in [5.41, 5.74) is 5.53. The molecule has 1 aromatic carbocycles. The molecule has 0 saturated carbocycles. The van der Waals surface area contributed by atoms with Crippen LogP contribution in [0.25, 0.3) is 0 Å². The van der Waals surface area contributed by atoms with Crippen molar-refractivity contribution in [2.75, 3.05) is 18.5 Å². The first-order valence-electron chi connectivity index (χ1n) is 7.99. The Hall–Kier alpha value is -3.23. The minimum absolute atomic E-state index is 0.0147. The number of carbonyl (C=O) groups excluding carboxylic acids is 3. The molecule has 0 heterocycles. The summed E-state index contributed by atoms with van der Waals surface area (Å²) in [6.45, 7) is 1.79. The summed E-state index contributed by atoms with van der Waals surface area (Å²) in [6.07, 6.45) is -0.316. The maximum atomic E-state index is 12.2. The van der Waals surface area contributed by atoms with E-state index in [0.717, 1.165) is 0 Å². The van der Waals surface area contributed by atoms with Crippen LogP contribution >= 0.6 is 0 Å². The van der Waals surface area contributed by atoms with Gasteiger partial charge in [0.2, 0.25) is 21.7 Å². The number of nitrogens with zero attached hydrogens (tertiary/aromatic N) is 1. The topological polar surface area (TPSA) is 168 Å². The zero-order valence-electron chi connectivity index (χ0n) is 15.3. The number of ether oxygens (including phenoxy) is 1. The van der Waals surface area contributed by atoms with Gasteiger partial charge >= 0.3 is 5.97 Å². The fourth-order valence-corrected chi connectivity index (χ4v) is 2.98. The number of ketones is 1. The van der Waals surface area contributed by atoms with Crippen LogP contribution in [0.15, 0.2) is 40.4 Å². The number of nitrogens with one attached hydrogen (secondary N) is 2. The van der Waals surface area contributed by atoms with E-state index in [1.807, 2.05) is 0 Å². The van der Waals surface area contributed by atoms with Crippen LogP contribution in [0.2, 0.25) is 0 Å². The Bertz CT molecular complexity index is 925. The van der Waals surface area contributed by atoms with Crippen molar-refractivity contribution in [1.82, 2.24) is 4.72 Å². The van der Waals surface area contributed by atoms with Gasteiger partial charge in [0, 0.05) is 24.9 Å². The van der Waals surface area contributed by atoms with E-state index in [0.29, 0.717) is 5.69 Å². The third kappa shape index (κ3) is 7.18. The fraction of sp³-hybridized carbons (Fsp3) is 0.294. The molecule has 0 saturated heterocycles. The molecule has 0 aliphatic carbocycles. The first kappa shape index (κ1) is 22.8. The van der Waals surface area contributed by atoms with E-state index in [1.54, 1.807) is 6.07 Å². The van der Waals surface area contributed by atoms with Crippen LogP contribution in [0.3, 0.4) is 0 Å². The molecule has 1 amide bonds. The molecule has 0 radical (unpaired) electrons. The number of rotatable bonds is 9. The lowest BCUT2D eigenvalue weighted by atomic mass is 10.1. The summed E-state index contributed by atoms with van der Waals surface area (Å²) in [6, 6.07) is 7.07. The average Bonchev–Trinajstić information content (AvgIpc) is 2.60.